The van der Waals surface area contributed by atoms with Crippen LogP contribution in [0, 0.1) is 11.6 Å². The molecule has 2 aromatic rings. The molecule has 0 fully saturated rings. The van der Waals surface area contributed by atoms with Gasteiger partial charge < -0.3 is 5.32 Å². The third kappa shape index (κ3) is 3.08. The Bertz CT molecular complexity index is 619. The molecule has 0 radical (unpaired) electrons. The number of carbonyl (C=O) groups excluding carboxylic acids is 1. The molecule has 19 heavy (non-hydrogen) atoms. The number of halogens is 2. The van der Waals surface area contributed by atoms with Crippen LogP contribution in [-0.4, -0.2) is 17.1 Å². The minimum absolute atomic E-state index is 0.194. The largest absolute Gasteiger partial charge is 0.322 e. The zero-order chi connectivity index (χ0) is 13.8. The SMILES string of the molecule is CSc1ncccc1C(=O)Nc1ccc(F)c(F)c1. The van der Waals surface area contributed by atoms with Gasteiger partial charge in [-0.1, -0.05) is 0 Å². The highest BCUT2D eigenvalue weighted by molar-refractivity contribution is 7.98. The lowest BCUT2D eigenvalue weighted by atomic mass is 10.2. The van der Waals surface area contributed by atoms with Crippen molar-refractivity contribution in [3.05, 3.63) is 53.7 Å². The molecule has 0 spiro atoms. The molecule has 2 rings (SSSR count). The van der Waals surface area contributed by atoms with Crippen molar-refractivity contribution in [1.82, 2.24) is 4.98 Å². The first-order chi connectivity index (χ1) is 9.11. The molecule has 0 aliphatic heterocycles. The molecule has 0 unspecified atom stereocenters. The number of hydrogen-bond acceptors (Lipinski definition) is 3. The number of benzene rings is 1. The molecule has 0 saturated carbocycles. The standard InChI is InChI=1S/C13H10F2N2OS/c1-19-13-9(3-2-6-16-13)12(18)17-8-4-5-10(14)11(15)7-8/h2-7H,1H3,(H,17,18). The van der Waals surface area contributed by atoms with Crippen LogP contribution in [0.1, 0.15) is 10.4 Å². The molecule has 6 heteroatoms. The van der Waals surface area contributed by atoms with E-state index in [4.69, 9.17) is 0 Å². The number of nitrogens with one attached hydrogen (secondary N) is 1. The molecule has 1 amide bonds. The summed E-state index contributed by atoms with van der Waals surface area (Å²) in [5, 5.41) is 3.07. The topological polar surface area (TPSA) is 42.0 Å². The van der Waals surface area contributed by atoms with Crippen LogP contribution in [0.3, 0.4) is 0 Å². The van der Waals surface area contributed by atoms with Crippen molar-refractivity contribution in [3.63, 3.8) is 0 Å². The molecule has 0 saturated heterocycles. The van der Waals surface area contributed by atoms with Gasteiger partial charge in [-0.3, -0.25) is 4.79 Å². The van der Waals surface area contributed by atoms with Gasteiger partial charge in [0.1, 0.15) is 5.03 Å². The fourth-order valence-electron chi connectivity index (χ4n) is 1.50. The summed E-state index contributed by atoms with van der Waals surface area (Å²) < 4.78 is 25.8. The smallest absolute Gasteiger partial charge is 0.258 e. The molecule has 1 N–H and O–H groups in total. The zero-order valence-electron chi connectivity index (χ0n) is 9.98. The highest BCUT2D eigenvalue weighted by Crippen LogP contribution is 2.19. The maximum absolute atomic E-state index is 13.0. The monoisotopic (exact) mass is 280 g/mol. The van der Waals surface area contributed by atoms with E-state index in [0.717, 1.165) is 12.1 Å². The van der Waals surface area contributed by atoms with Gasteiger partial charge in [0.25, 0.3) is 5.91 Å². The molecule has 0 aliphatic carbocycles. The lowest BCUT2D eigenvalue weighted by molar-refractivity contribution is 0.102. The summed E-state index contributed by atoms with van der Waals surface area (Å²) >= 11 is 1.33. The van der Waals surface area contributed by atoms with Crippen molar-refractivity contribution >= 4 is 23.4 Å². The predicted molar refractivity (Wildman–Crippen MR) is 70.3 cm³/mol. The predicted octanol–water partition coefficient (Wildman–Crippen LogP) is 3.33. The van der Waals surface area contributed by atoms with Gasteiger partial charge in [0.2, 0.25) is 0 Å². The molecule has 3 nitrogen and oxygen atoms in total. The summed E-state index contributed by atoms with van der Waals surface area (Å²) in [4.78, 5) is 16.1. The van der Waals surface area contributed by atoms with E-state index in [2.05, 4.69) is 10.3 Å². The van der Waals surface area contributed by atoms with E-state index in [1.807, 2.05) is 0 Å². The number of carbonyl (C=O) groups is 1. The summed E-state index contributed by atoms with van der Waals surface area (Å²) in [6.45, 7) is 0. The second-order valence-electron chi connectivity index (χ2n) is 3.64. The van der Waals surface area contributed by atoms with Gasteiger partial charge in [0.15, 0.2) is 11.6 Å². The van der Waals surface area contributed by atoms with E-state index in [0.29, 0.717) is 10.6 Å². The summed E-state index contributed by atoms with van der Waals surface area (Å²) in [5.41, 5.74) is 0.583. The number of aromatic nitrogens is 1. The third-order valence-electron chi connectivity index (χ3n) is 2.39. The minimum Gasteiger partial charge on any atom is -0.322 e. The Morgan fingerprint density at radius 2 is 2.05 bits per heavy atom. The first-order valence-corrected chi connectivity index (χ1v) is 6.59. The summed E-state index contributed by atoms with van der Waals surface area (Å²) in [5.74, 6) is -2.37. The Labute approximate surface area is 113 Å². The summed E-state index contributed by atoms with van der Waals surface area (Å²) in [7, 11) is 0. The number of rotatable bonds is 3. The van der Waals surface area contributed by atoms with Gasteiger partial charge in [-0.25, -0.2) is 13.8 Å². The number of hydrogen-bond donors (Lipinski definition) is 1. The summed E-state index contributed by atoms with van der Waals surface area (Å²) in [6, 6.07) is 6.45. The Morgan fingerprint density at radius 1 is 1.26 bits per heavy atom. The lowest BCUT2D eigenvalue weighted by Crippen LogP contribution is -2.13. The molecule has 0 atom stereocenters. The van der Waals surface area contributed by atoms with E-state index in [-0.39, 0.29) is 5.69 Å². The van der Waals surface area contributed by atoms with Gasteiger partial charge in [-0.05, 0) is 30.5 Å². The molecular weight excluding hydrogens is 270 g/mol. The van der Waals surface area contributed by atoms with Crippen LogP contribution in [0.15, 0.2) is 41.6 Å². The average molecular weight is 280 g/mol. The number of amides is 1. The van der Waals surface area contributed by atoms with Crippen molar-refractivity contribution in [2.75, 3.05) is 11.6 Å². The highest BCUT2D eigenvalue weighted by Gasteiger charge is 2.12. The molecule has 1 heterocycles. The molecular formula is C13H10F2N2OS. The molecule has 1 aromatic heterocycles. The third-order valence-corrected chi connectivity index (χ3v) is 3.10. The first-order valence-electron chi connectivity index (χ1n) is 5.37. The van der Waals surface area contributed by atoms with Crippen molar-refractivity contribution < 1.29 is 13.6 Å². The minimum atomic E-state index is -1.01. The van der Waals surface area contributed by atoms with Gasteiger partial charge >= 0.3 is 0 Å². The lowest BCUT2D eigenvalue weighted by Gasteiger charge is -2.07. The molecule has 0 aliphatic rings. The van der Waals surface area contributed by atoms with Crippen molar-refractivity contribution in [3.8, 4) is 0 Å². The van der Waals surface area contributed by atoms with Crippen LogP contribution in [0.2, 0.25) is 0 Å². The fourth-order valence-corrected chi connectivity index (χ4v) is 2.05. The number of nitrogens with zero attached hydrogens (tertiary/aromatic N) is 1. The van der Waals surface area contributed by atoms with Crippen LogP contribution in [-0.2, 0) is 0 Å². The van der Waals surface area contributed by atoms with Gasteiger partial charge in [0.05, 0.1) is 5.56 Å². The van der Waals surface area contributed by atoms with Crippen LogP contribution in [0.25, 0.3) is 0 Å². The van der Waals surface area contributed by atoms with Gasteiger partial charge in [-0.15, -0.1) is 11.8 Å². The molecule has 0 bridgehead atoms. The number of anilines is 1. The maximum atomic E-state index is 13.0. The average Bonchev–Trinajstić information content (AvgIpc) is 2.43. The Balaban J connectivity index is 2.23. The Hall–Kier alpha value is -1.95. The zero-order valence-corrected chi connectivity index (χ0v) is 10.8. The van der Waals surface area contributed by atoms with Crippen molar-refractivity contribution in [1.29, 1.82) is 0 Å². The van der Waals surface area contributed by atoms with Crippen LogP contribution >= 0.6 is 11.8 Å². The molecule has 98 valence electrons. The van der Waals surface area contributed by atoms with Crippen LogP contribution in [0.5, 0.6) is 0 Å². The van der Waals surface area contributed by atoms with Gasteiger partial charge in [-0.2, -0.15) is 0 Å². The van der Waals surface area contributed by atoms with E-state index in [1.165, 1.54) is 17.8 Å². The van der Waals surface area contributed by atoms with E-state index < -0.39 is 17.5 Å². The van der Waals surface area contributed by atoms with E-state index in [9.17, 15) is 13.6 Å². The normalized spacial score (nSPS) is 10.3. The van der Waals surface area contributed by atoms with Crippen LogP contribution < -0.4 is 5.32 Å². The fraction of sp³-hybridized carbons (Fsp3) is 0.0769. The first kappa shape index (κ1) is 13.5. The molecule has 1 aromatic carbocycles. The van der Waals surface area contributed by atoms with Gasteiger partial charge in [0, 0.05) is 18.0 Å². The second kappa shape index (κ2) is 5.79. The number of thioether (sulfide) groups is 1. The quantitative estimate of drug-likeness (QED) is 0.877. The van der Waals surface area contributed by atoms with Crippen molar-refractivity contribution in [2.24, 2.45) is 0 Å². The Kier molecular flexibility index (Phi) is 4.11. The van der Waals surface area contributed by atoms with Crippen molar-refractivity contribution in [2.45, 2.75) is 5.03 Å². The second-order valence-corrected chi connectivity index (χ2v) is 4.44. The van der Waals surface area contributed by atoms with E-state index in [1.54, 1.807) is 24.6 Å². The number of pyridine rings is 1. The summed E-state index contributed by atoms with van der Waals surface area (Å²) in [6.07, 6.45) is 3.39. The highest BCUT2D eigenvalue weighted by atomic mass is 32.2. The Morgan fingerprint density at radius 3 is 2.74 bits per heavy atom. The van der Waals surface area contributed by atoms with Crippen LogP contribution in [0.4, 0.5) is 14.5 Å². The van der Waals surface area contributed by atoms with E-state index >= 15 is 0 Å². The maximum Gasteiger partial charge on any atom is 0.258 e.